The summed E-state index contributed by atoms with van der Waals surface area (Å²) >= 11 is 0. The Kier molecular flexibility index (Phi) is 10.2. The number of carbonyl (C=O) groups is 4. The van der Waals surface area contributed by atoms with Gasteiger partial charge in [-0.3, -0.25) is 19.2 Å². The normalized spacial score (nSPS) is 28.1. The van der Waals surface area contributed by atoms with Gasteiger partial charge < -0.3 is 18.9 Å². The Morgan fingerprint density at radius 1 is 0.500 bits per heavy atom. The van der Waals surface area contributed by atoms with E-state index >= 15 is 0 Å². The highest BCUT2D eigenvalue weighted by Gasteiger charge is 2.62. The van der Waals surface area contributed by atoms with E-state index in [9.17, 15) is 19.2 Å². The second-order valence-corrected chi connectivity index (χ2v) is 8.31. The zero-order valence-corrected chi connectivity index (χ0v) is 19.5. The maximum absolute atomic E-state index is 13.0. The fraction of sp³-hybridized carbons (Fsp3) is 0.750. The van der Waals surface area contributed by atoms with E-state index in [1.165, 1.54) is 0 Å². The number of hydrogen-bond donors (Lipinski definition) is 0. The summed E-state index contributed by atoms with van der Waals surface area (Å²) in [5.74, 6) is -7.34. The predicted molar refractivity (Wildman–Crippen MR) is 115 cm³/mol. The third-order valence-corrected chi connectivity index (χ3v) is 5.87. The quantitative estimate of drug-likeness (QED) is 0.253. The van der Waals surface area contributed by atoms with Crippen LogP contribution in [-0.2, 0) is 38.1 Å². The largest absolute Gasteiger partial charge is 0.465 e. The third-order valence-electron chi connectivity index (χ3n) is 5.87. The average molecular weight is 453 g/mol. The molecule has 0 amide bonds. The molecule has 0 aliphatic heterocycles. The number of ether oxygens (including phenoxy) is 4. The lowest BCUT2D eigenvalue weighted by Gasteiger charge is -2.49. The first-order valence-electron chi connectivity index (χ1n) is 11.8. The highest BCUT2D eigenvalue weighted by Crippen LogP contribution is 2.53. The van der Waals surface area contributed by atoms with Crippen molar-refractivity contribution in [3.05, 3.63) is 12.2 Å². The van der Waals surface area contributed by atoms with Crippen molar-refractivity contribution in [2.24, 2.45) is 35.5 Å². The van der Waals surface area contributed by atoms with E-state index < -0.39 is 59.4 Å². The lowest BCUT2D eigenvalue weighted by Crippen LogP contribution is -2.58. The molecule has 0 N–H and O–H groups in total. The van der Waals surface area contributed by atoms with Crippen molar-refractivity contribution in [2.75, 3.05) is 26.4 Å². The molecule has 4 unspecified atom stereocenters. The van der Waals surface area contributed by atoms with Crippen LogP contribution in [0.2, 0.25) is 0 Å². The number of carbonyl (C=O) groups excluding carboxylic acids is 4. The highest BCUT2D eigenvalue weighted by atomic mass is 16.5. The number of fused-ring (bicyclic) bond motifs is 2. The molecule has 1 saturated carbocycles. The molecule has 32 heavy (non-hydrogen) atoms. The zero-order chi connectivity index (χ0) is 23.7. The van der Waals surface area contributed by atoms with Crippen LogP contribution >= 0.6 is 0 Å². The minimum atomic E-state index is -0.921. The zero-order valence-electron chi connectivity index (χ0n) is 19.5. The van der Waals surface area contributed by atoms with Gasteiger partial charge in [0.15, 0.2) is 0 Å². The summed E-state index contributed by atoms with van der Waals surface area (Å²) in [6.45, 7) is 8.33. The number of esters is 4. The van der Waals surface area contributed by atoms with Crippen LogP contribution in [0.1, 0.15) is 53.4 Å². The Labute approximate surface area is 190 Å². The number of allylic oxidation sites excluding steroid dienone is 2. The van der Waals surface area contributed by atoms with E-state index in [0.29, 0.717) is 25.7 Å². The van der Waals surface area contributed by atoms with Crippen molar-refractivity contribution in [3.8, 4) is 0 Å². The Morgan fingerprint density at radius 3 is 0.906 bits per heavy atom. The van der Waals surface area contributed by atoms with Gasteiger partial charge in [0, 0.05) is 11.8 Å². The predicted octanol–water partition coefficient (Wildman–Crippen LogP) is 3.08. The van der Waals surface area contributed by atoms with E-state index in [-0.39, 0.29) is 26.4 Å². The van der Waals surface area contributed by atoms with Crippen LogP contribution in [0, 0.1) is 35.5 Å². The summed E-state index contributed by atoms with van der Waals surface area (Å²) in [4.78, 5) is 52.1. The minimum Gasteiger partial charge on any atom is -0.465 e. The Hall–Kier alpha value is -2.38. The maximum atomic E-state index is 13.0. The van der Waals surface area contributed by atoms with Gasteiger partial charge >= 0.3 is 23.9 Å². The topological polar surface area (TPSA) is 105 Å². The second kappa shape index (κ2) is 12.6. The molecule has 0 aromatic heterocycles. The van der Waals surface area contributed by atoms with Crippen LogP contribution < -0.4 is 0 Å². The van der Waals surface area contributed by atoms with Crippen molar-refractivity contribution in [2.45, 2.75) is 53.4 Å². The van der Waals surface area contributed by atoms with Crippen molar-refractivity contribution >= 4 is 23.9 Å². The fourth-order valence-corrected chi connectivity index (χ4v) is 4.55. The summed E-state index contributed by atoms with van der Waals surface area (Å²) in [7, 11) is 0. The highest BCUT2D eigenvalue weighted by molar-refractivity contribution is 5.90. The summed E-state index contributed by atoms with van der Waals surface area (Å²) in [5.41, 5.74) is 0. The average Bonchev–Trinajstić information content (AvgIpc) is 2.81. The maximum Gasteiger partial charge on any atom is 0.310 e. The van der Waals surface area contributed by atoms with Crippen LogP contribution in [-0.4, -0.2) is 50.3 Å². The van der Waals surface area contributed by atoms with E-state index in [2.05, 4.69) is 0 Å². The van der Waals surface area contributed by atoms with Gasteiger partial charge in [0.2, 0.25) is 0 Å². The van der Waals surface area contributed by atoms with Gasteiger partial charge in [-0.1, -0.05) is 39.8 Å². The lowest BCUT2D eigenvalue weighted by atomic mass is 9.53. The summed E-state index contributed by atoms with van der Waals surface area (Å²) in [6, 6.07) is 0. The molecule has 4 atom stereocenters. The van der Waals surface area contributed by atoms with E-state index in [4.69, 9.17) is 18.9 Å². The van der Waals surface area contributed by atoms with Crippen molar-refractivity contribution in [1.82, 2.24) is 0 Å². The Balaban J connectivity index is 2.47. The standard InChI is InChI=1S/C24H36O8/c1-5-11-29-21(25)17-15-9-10-16(18(17)22(26)30-12-6-2)20(24(28)32-14-8-4)19(15)23(27)31-13-7-3/h9-10,15-20H,5-8,11-14H2,1-4H3. The molecule has 2 bridgehead atoms. The summed E-state index contributed by atoms with van der Waals surface area (Å²) in [6.07, 6.45) is 5.99. The number of hydrogen-bond acceptors (Lipinski definition) is 8. The first-order valence-corrected chi connectivity index (χ1v) is 11.8. The van der Waals surface area contributed by atoms with E-state index in [1.54, 1.807) is 12.2 Å². The molecule has 0 aromatic carbocycles. The molecule has 0 radical (unpaired) electrons. The van der Waals surface area contributed by atoms with Gasteiger partial charge in [-0.05, 0) is 25.7 Å². The van der Waals surface area contributed by atoms with Crippen LogP contribution in [0.5, 0.6) is 0 Å². The fourth-order valence-electron chi connectivity index (χ4n) is 4.55. The molecule has 8 nitrogen and oxygen atoms in total. The van der Waals surface area contributed by atoms with E-state index in [0.717, 1.165) is 0 Å². The molecule has 3 aliphatic rings. The molecule has 0 spiro atoms. The molecule has 0 aromatic rings. The van der Waals surface area contributed by atoms with Gasteiger partial charge in [0.1, 0.15) is 0 Å². The lowest BCUT2D eigenvalue weighted by molar-refractivity contribution is -0.185. The number of rotatable bonds is 12. The SMILES string of the molecule is CCCOC(=O)C1C2C=CC(C1C(=O)OCCC)C(C(=O)OCCC)C2C(=O)OCCC. The van der Waals surface area contributed by atoms with Crippen molar-refractivity contribution < 1.29 is 38.1 Å². The second-order valence-electron chi connectivity index (χ2n) is 8.31. The Morgan fingerprint density at radius 2 is 0.719 bits per heavy atom. The van der Waals surface area contributed by atoms with Gasteiger partial charge in [0.25, 0.3) is 0 Å². The molecule has 3 aliphatic carbocycles. The van der Waals surface area contributed by atoms with Crippen LogP contribution in [0.15, 0.2) is 12.2 Å². The van der Waals surface area contributed by atoms with Gasteiger partial charge in [0.05, 0.1) is 50.1 Å². The molecule has 8 heteroatoms. The first-order chi connectivity index (χ1) is 15.4. The van der Waals surface area contributed by atoms with Gasteiger partial charge in [-0.2, -0.15) is 0 Å². The van der Waals surface area contributed by atoms with E-state index in [1.807, 2.05) is 27.7 Å². The minimum absolute atomic E-state index is 0.208. The van der Waals surface area contributed by atoms with Gasteiger partial charge in [-0.25, -0.2) is 0 Å². The van der Waals surface area contributed by atoms with Crippen LogP contribution in [0.3, 0.4) is 0 Å². The summed E-state index contributed by atoms with van der Waals surface area (Å²) < 4.78 is 21.6. The third kappa shape index (κ3) is 5.70. The van der Waals surface area contributed by atoms with Crippen molar-refractivity contribution in [3.63, 3.8) is 0 Å². The monoisotopic (exact) mass is 452 g/mol. The molecule has 1 fully saturated rings. The first kappa shape index (κ1) is 25.9. The van der Waals surface area contributed by atoms with Crippen molar-refractivity contribution in [1.29, 1.82) is 0 Å². The molecule has 180 valence electrons. The van der Waals surface area contributed by atoms with Crippen LogP contribution in [0.4, 0.5) is 0 Å². The molecule has 3 rings (SSSR count). The smallest absolute Gasteiger partial charge is 0.310 e. The Bertz CT molecular complexity index is 590. The van der Waals surface area contributed by atoms with Crippen LogP contribution in [0.25, 0.3) is 0 Å². The molecule has 0 saturated heterocycles. The molecule has 0 heterocycles. The van der Waals surface area contributed by atoms with Gasteiger partial charge in [-0.15, -0.1) is 0 Å². The molecular formula is C24H36O8. The molecular weight excluding hydrogens is 416 g/mol. The summed E-state index contributed by atoms with van der Waals surface area (Å²) in [5, 5.41) is 0.